The summed E-state index contributed by atoms with van der Waals surface area (Å²) in [6, 6.07) is -1.51. The maximum atomic E-state index is 12.7. The van der Waals surface area contributed by atoms with Crippen molar-refractivity contribution < 1.29 is 19.2 Å². The third-order valence-corrected chi connectivity index (χ3v) is 6.37. The van der Waals surface area contributed by atoms with E-state index in [9.17, 15) is 19.2 Å². The van der Waals surface area contributed by atoms with Crippen molar-refractivity contribution in [1.82, 2.24) is 16.0 Å². The molecule has 1 aliphatic carbocycles. The van der Waals surface area contributed by atoms with Crippen LogP contribution in [0.3, 0.4) is 0 Å². The third-order valence-electron chi connectivity index (χ3n) is 6.37. The quantitative estimate of drug-likeness (QED) is 0.214. The lowest BCUT2D eigenvalue weighted by Crippen LogP contribution is -2.52. The van der Waals surface area contributed by atoms with Crippen LogP contribution < -0.4 is 27.4 Å². The summed E-state index contributed by atoms with van der Waals surface area (Å²) in [5.41, 5.74) is 10.9. The molecule has 3 atom stereocenters. The van der Waals surface area contributed by atoms with Crippen molar-refractivity contribution in [1.29, 1.82) is 0 Å². The number of primary amides is 1. The highest BCUT2D eigenvalue weighted by Crippen LogP contribution is 2.31. The molecule has 9 nitrogen and oxygen atoms in total. The molecule has 36 heavy (non-hydrogen) atoms. The fourth-order valence-electron chi connectivity index (χ4n) is 4.43. The van der Waals surface area contributed by atoms with Gasteiger partial charge in [-0.15, -0.1) is 0 Å². The van der Waals surface area contributed by atoms with Crippen molar-refractivity contribution in [3.63, 3.8) is 0 Å². The highest BCUT2D eigenvalue weighted by atomic mass is 16.2. The number of carbonyl (C=O) groups is 4. The highest BCUT2D eigenvalue weighted by Gasteiger charge is 2.26. The molecule has 210 valence electrons. The van der Waals surface area contributed by atoms with E-state index in [1.54, 1.807) is 0 Å². The van der Waals surface area contributed by atoms with Gasteiger partial charge in [0.1, 0.15) is 12.1 Å². The second-order valence-electron chi connectivity index (χ2n) is 10.6. The molecular weight excluding hydrogens is 458 g/mol. The van der Waals surface area contributed by atoms with Crippen molar-refractivity contribution in [2.45, 2.75) is 117 Å². The molecule has 7 N–H and O–H groups in total. The molecule has 9 heteroatoms. The lowest BCUT2D eigenvalue weighted by Gasteiger charge is -2.28. The number of nitrogens with two attached hydrogens (primary N) is 2. The van der Waals surface area contributed by atoms with E-state index in [0.717, 1.165) is 19.3 Å². The van der Waals surface area contributed by atoms with Crippen LogP contribution in [0.15, 0.2) is 0 Å². The fraction of sp³-hybridized carbons (Fsp3) is 0.852. The molecule has 0 heterocycles. The van der Waals surface area contributed by atoms with Gasteiger partial charge in [0.2, 0.25) is 23.6 Å². The maximum Gasteiger partial charge on any atom is 0.243 e. The van der Waals surface area contributed by atoms with Crippen LogP contribution in [-0.4, -0.2) is 48.8 Å². The molecule has 0 aliphatic heterocycles. The van der Waals surface area contributed by atoms with Crippen LogP contribution >= 0.6 is 0 Å². The van der Waals surface area contributed by atoms with Crippen molar-refractivity contribution in [3.8, 4) is 0 Å². The van der Waals surface area contributed by atoms with Gasteiger partial charge in [0.15, 0.2) is 0 Å². The predicted molar refractivity (Wildman–Crippen MR) is 145 cm³/mol. The summed E-state index contributed by atoms with van der Waals surface area (Å²) < 4.78 is 0. The fourth-order valence-corrected chi connectivity index (χ4v) is 4.43. The molecule has 1 fully saturated rings. The Hall–Kier alpha value is -2.16. The number of hydrogen-bond acceptors (Lipinski definition) is 5. The van der Waals surface area contributed by atoms with E-state index in [1.807, 2.05) is 13.8 Å². The van der Waals surface area contributed by atoms with Gasteiger partial charge in [-0.05, 0) is 50.0 Å². The SMILES string of the molecule is CC(C)C[C@H](NC(=O)CNC(=O)[C@H](CCCCN)NC(=O)C[C@@H](C)C1CCCCC1)C(N)=O.CCC. The van der Waals surface area contributed by atoms with Gasteiger partial charge in [0, 0.05) is 6.42 Å². The molecule has 0 unspecified atom stereocenters. The number of rotatable bonds is 15. The number of nitrogens with one attached hydrogen (secondary N) is 3. The van der Waals surface area contributed by atoms with Crippen LogP contribution in [0.4, 0.5) is 0 Å². The Labute approximate surface area is 218 Å². The summed E-state index contributed by atoms with van der Waals surface area (Å²) in [5, 5.41) is 8.00. The minimum atomic E-state index is -0.782. The monoisotopic (exact) mass is 511 g/mol. The molecule has 0 saturated heterocycles. The minimum absolute atomic E-state index is 0.142. The van der Waals surface area contributed by atoms with Crippen LogP contribution in [0.5, 0.6) is 0 Å². The van der Waals surface area contributed by atoms with Gasteiger partial charge in [-0.3, -0.25) is 19.2 Å². The predicted octanol–water partition coefficient (Wildman–Crippen LogP) is 2.76. The van der Waals surface area contributed by atoms with Crippen molar-refractivity contribution in [3.05, 3.63) is 0 Å². The van der Waals surface area contributed by atoms with Crippen molar-refractivity contribution in [2.24, 2.45) is 29.2 Å². The topological polar surface area (TPSA) is 156 Å². The molecule has 4 amide bonds. The summed E-state index contributed by atoms with van der Waals surface area (Å²) in [4.78, 5) is 49.2. The normalized spacial score (nSPS) is 16.2. The molecular formula is C27H53N5O4. The van der Waals surface area contributed by atoms with E-state index in [0.29, 0.717) is 38.1 Å². The number of amides is 4. The molecule has 0 bridgehead atoms. The third kappa shape index (κ3) is 15.8. The lowest BCUT2D eigenvalue weighted by atomic mass is 9.79. The Morgan fingerprint density at radius 1 is 0.889 bits per heavy atom. The van der Waals surface area contributed by atoms with Gasteiger partial charge in [0.05, 0.1) is 6.54 Å². The maximum absolute atomic E-state index is 12.7. The first-order valence-corrected chi connectivity index (χ1v) is 13.9. The molecule has 0 aromatic heterocycles. The molecule has 0 radical (unpaired) electrons. The summed E-state index contributed by atoms with van der Waals surface area (Å²) in [5.74, 6) is -0.655. The zero-order chi connectivity index (χ0) is 27.5. The van der Waals surface area contributed by atoms with Crippen LogP contribution in [0.25, 0.3) is 0 Å². The van der Waals surface area contributed by atoms with E-state index < -0.39 is 29.8 Å². The van der Waals surface area contributed by atoms with Gasteiger partial charge < -0.3 is 27.4 Å². The van der Waals surface area contributed by atoms with Gasteiger partial charge in [-0.1, -0.05) is 73.1 Å². The van der Waals surface area contributed by atoms with Crippen LogP contribution in [-0.2, 0) is 19.2 Å². The lowest BCUT2D eigenvalue weighted by molar-refractivity contribution is -0.131. The summed E-state index contributed by atoms with van der Waals surface area (Å²) >= 11 is 0. The molecule has 1 rings (SSSR count). The number of carbonyl (C=O) groups excluding carboxylic acids is 4. The second-order valence-corrected chi connectivity index (χ2v) is 10.6. The van der Waals surface area contributed by atoms with Gasteiger partial charge in [0.25, 0.3) is 0 Å². The van der Waals surface area contributed by atoms with Crippen molar-refractivity contribution in [2.75, 3.05) is 13.1 Å². The Morgan fingerprint density at radius 2 is 1.47 bits per heavy atom. The minimum Gasteiger partial charge on any atom is -0.368 e. The number of unbranched alkanes of at least 4 members (excludes halogenated alkanes) is 1. The van der Waals surface area contributed by atoms with E-state index in [1.165, 1.54) is 25.7 Å². The van der Waals surface area contributed by atoms with Crippen molar-refractivity contribution >= 4 is 23.6 Å². The Kier molecular flexibility index (Phi) is 18.8. The second kappa shape index (κ2) is 20.0. The van der Waals surface area contributed by atoms with E-state index in [-0.39, 0.29) is 24.3 Å². The number of hydrogen-bond donors (Lipinski definition) is 5. The average Bonchev–Trinajstić information content (AvgIpc) is 2.82. The largest absolute Gasteiger partial charge is 0.368 e. The molecule has 0 aromatic carbocycles. The first-order chi connectivity index (χ1) is 17.0. The standard InChI is InChI=1S/C24H45N5O4.C3H8/c1-16(2)13-20(23(26)32)29-22(31)15-27-24(33)19(11-7-8-12-25)28-21(30)14-17(3)18-9-5-4-6-10-18;1-3-2/h16-20H,4-15,25H2,1-3H3,(H2,26,32)(H,27,33)(H,28,30)(H,29,31);3H2,1-2H3/t17-,19+,20+;/m1./s1. The zero-order valence-corrected chi connectivity index (χ0v) is 23.4. The van der Waals surface area contributed by atoms with Gasteiger partial charge in [-0.25, -0.2) is 0 Å². The van der Waals surface area contributed by atoms with Crippen LogP contribution in [0, 0.1) is 17.8 Å². The first-order valence-electron chi connectivity index (χ1n) is 13.9. The smallest absolute Gasteiger partial charge is 0.243 e. The van der Waals surface area contributed by atoms with Crippen LogP contribution in [0.2, 0.25) is 0 Å². The summed E-state index contributed by atoms with van der Waals surface area (Å²) in [6.07, 6.45) is 9.97. The molecule has 0 spiro atoms. The Morgan fingerprint density at radius 3 is 2.00 bits per heavy atom. The molecule has 1 saturated carbocycles. The van der Waals surface area contributed by atoms with Gasteiger partial charge >= 0.3 is 0 Å². The first kappa shape index (κ1) is 33.8. The Bertz CT molecular complexity index is 650. The summed E-state index contributed by atoms with van der Waals surface area (Å²) in [6.45, 7) is 10.4. The van der Waals surface area contributed by atoms with E-state index in [4.69, 9.17) is 11.5 Å². The average molecular weight is 512 g/mol. The summed E-state index contributed by atoms with van der Waals surface area (Å²) in [7, 11) is 0. The molecule has 1 aliphatic rings. The van der Waals surface area contributed by atoms with Gasteiger partial charge in [-0.2, -0.15) is 0 Å². The van der Waals surface area contributed by atoms with E-state index in [2.05, 4.69) is 36.7 Å². The van der Waals surface area contributed by atoms with Crippen LogP contribution in [0.1, 0.15) is 105 Å². The van der Waals surface area contributed by atoms with E-state index >= 15 is 0 Å². The molecule has 0 aromatic rings. The zero-order valence-electron chi connectivity index (χ0n) is 23.4. The highest BCUT2D eigenvalue weighted by molar-refractivity contribution is 5.92. The Balaban J connectivity index is 0.00000387.